The molecule has 0 unspecified atom stereocenters. The first-order valence-corrected chi connectivity index (χ1v) is 7.57. The number of rotatable bonds is 6. The van der Waals surface area contributed by atoms with Gasteiger partial charge in [-0.05, 0) is 18.4 Å². The Morgan fingerprint density at radius 3 is 2.67 bits per heavy atom. The van der Waals surface area contributed by atoms with E-state index in [0.29, 0.717) is 0 Å². The summed E-state index contributed by atoms with van der Waals surface area (Å²) in [6.07, 6.45) is 8.12. The number of nitrogens with zero attached hydrogens (tertiary/aromatic N) is 4. The van der Waals surface area contributed by atoms with Gasteiger partial charge >= 0.3 is 0 Å². The fourth-order valence-corrected chi connectivity index (χ4v) is 2.55. The molecule has 0 saturated carbocycles. The minimum absolute atomic E-state index is 0.794. The zero-order valence-corrected chi connectivity index (χ0v) is 12.4. The number of hydrogen-bond donors (Lipinski definition) is 0. The molecule has 0 saturated heterocycles. The second-order valence-corrected chi connectivity index (χ2v) is 5.31. The Kier molecular flexibility index (Phi) is 4.24. The van der Waals surface area contributed by atoms with E-state index >= 15 is 0 Å². The third-order valence-electron chi connectivity index (χ3n) is 3.69. The van der Waals surface area contributed by atoms with E-state index in [0.717, 1.165) is 36.2 Å². The van der Waals surface area contributed by atoms with Gasteiger partial charge in [-0.15, -0.1) is 0 Å². The van der Waals surface area contributed by atoms with E-state index in [2.05, 4.69) is 50.7 Å². The van der Waals surface area contributed by atoms with Gasteiger partial charge in [-0.2, -0.15) is 0 Å². The number of hydrogen-bond acceptors (Lipinski definition) is 3. The third kappa shape index (κ3) is 3.10. The summed E-state index contributed by atoms with van der Waals surface area (Å²) >= 11 is 0. The maximum Gasteiger partial charge on any atom is 0.163 e. The highest BCUT2D eigenvalue weighted by Crippen LogP contribution is 2.16. The second kappa shape index (κ2) is 6.48. The number of benzene rings is 1. The molecule has 3 rings (SSSR count). The van der Waals surface area contributed by atoms with Crippen molar-refractivity contribution in [1.29, 1.82) is 0 Å². The van der Waals surface area contributed by atoms with Crippen LogP contribution >= 0.6 is 0 Å². The van der Waals surface area contributed by atoms with Gasteiger partial charge in [-0.25, -0.2) is 15.0 Å². The molecule has 3 aromatic rings. The summed E-state index contributed by atoms with van der Waals surface area (Å²) in [5.41, 5.74) is 4.20. The van der Waals surface area contributed by atoms with Crippen molar-refractivity contribution in [3.05, 3.63) is 54.2 Å². The summed E-state index contributed by atoms with van der Waals surface area (Å²) in [4.78, 5) is 13.4. The molecule has 0 bridgehead atoms. The molecule has 0 aliphatic rings. The molecule has 0 aliphatic heterocycles. The fourth-order valence-electron chi connectivity index (χ4n) is 2.55. The Morgan fingerprint density at radius 2 is 1.86 bits per heavy atom. The SMILES string of the molecule is CCCCCc1ncnc2c1ncn2Cc1ccccc1. The number of aryl methyl sites for hydroxylation is 1. The minimum Gasteiger partial charge on any atom is -0.311 e. The molecule has 0 N–H and O–H groups in total. The molecule has 21 heavy (non-hydrogen) atoms. The predicted molar refractivity (Wildman–Crippen MR) is 84.1 cm³/mol. The van der Waals surface area contributed by atoms with Gasteiger partial charge in [0, 0.05) is 0 Å². The number of unbranched alkanes of at least 4 members (excludes halogenated alkanes) is 2. The van der Waals surface area contributed by atoms with Crippen LogP contribution < -0.4 is 0 Å². The molecule has 108 valence electrons. The fraction of sp³-hybridized carbons (Fsp3) is 0.353. The molecule has 0 spiro atoms. The molecule has 0 fully saturated rings. The van der Waals surface area contributed by atoms with E-state index in [-0.39, 0.29) is 0 Å². The van der Waals surface area contributed by atoms with Gasteiger partial charge in [0.1, 0.15) is 11.8 Å². The first kappa shape index (κ1) is 13.7. The molecular weight excluding hydrogens is 260 g/mol. The highest BCUT2D eigenvalue weighted by molar-refractivity contribution is 5.73. The van der Waals surface area contributed by atoms with Crippen LogP contribution in [-0.2, 0) is 13.0 Å². The van der Waals surface area contributed by atoms with Crippen LogP contribution in [0.1, 0.15) is 37.4 Å². The monoisotopic (exact) mass is 280 g/mol. The molecule has 1 aromatic carbocycles. The van der Waals surface area contributed by atoms with Crippen molar-refractivity contribution in [2.75, 3.05) is 0 Å². The summed E-state index contributed by atoms with van der Waals surface area (Å²) in [7, 11) is 0. The maximum absolute atomic E-state index is 4.53. The van der Waals surface area contributed by atoms with Gasteiger partial charge in [0.15, 0.2) is 5.65 Å². The van der Waals surface area contributed by atoms with Crippen LogP contribution in [0.4, 0.5) is 0 Å². The molecule has 2 heterocycles. The lowest BCUT2D eigenvalue weighted by Crippen LogP contribution is -2.00. The Hall–Kier alpha value is -2.23. The van der Waals surface area contributed by atoms with Gasteiger partial charge in [0.2, 0.25) is 0 Å². The summed E-state index contributed by atoms with van der Waals surface area (Å²) in [5, 5.41) is 0. The topological polar surface area (TPSA) is 43.6 Å². The van der Waals surface area contributed by atoms with Crippen LogP contribution in [0.5, 0.6) is 0 Å². The number of fused-ring (bicyclic) bond motifs is 1. The molecule has 0 amide bonds. The molecule has 4 heteroatoms. The maximum atomic E-state index is 4.53. The van der Waals surface area contributed by atoms with Gasteiger partial charge < -0.3 is 4.57 Å². The zero-order valence-electron chi connectivity index (χ0n) is 12.4. The molecular formula is C17H20N4. The molecule has 0 atom stereocenters. The van der Waals surface area contributed by atoms with Crippen LogP contribution in [0.25, 0.3) is 11.2 Å². The van der Waals surface area contributed by atoms with E-state index in [9.17, 15) is 0 Å². The van der Waals surface area contributed by atoms with E-state index in [1.807, 2.05) is 12.4 Å². The van der Waals surface area contributed by atoms with Crippen LogP contribution in [0.3, 0.4) is 0 Å². The Balaban J connectivity index is 1.86. The average Bonchev–Trinajstić information content (AvgIpc) is 2.93. The van der Waals surface area contributed by atoms with Crippen LogP contribution in [0.15, 0.2) is 43.0 Å². The molecule has 2 aromatic heterocycles. The lowest BCUT2D eigenvalue weighted by atomic mass is 10.1. The summed E-state index contributed by atoms with van der Waals surface area (Å²) in [6, 6.07) is 10.4. The summed E-state index contributed by atoms with van der Waals surface area (Å²) in [5.74, 6) is 0. The quantitative estimate of drug-likeness (QED) is 0.648. The van der Waals surface area contributed by atoms with E-state index in [1.54, 1.807) is 6.33 Å². The van der Waals surface area contributed by atoms with Crippen molar-refractivity contribution >= 4 is 11.2 Å². The summed E-state index contributed by atoms with van der Waals surface area (Å²) in [6.45, 7) is 3.01. The van der Waals surface area contributed by atoms with Gasteiger partial charge in [-0.3, -0.25) is 0 Å². The van der Waals surface area contributed by atoms with Gasteiger partial charge in [0.25, 0.3) is 0 Å². The van der Waals surface area contributed by atoms with Crippen molar-refractivity contribution < 1.29 is 0 Å². The van der Waals surface area contributed by atoms with Crippen LogP contribution in [0.2, 0.25) is 0 Å². The molecule has 0 radical (unpaired) electrons. The largest absolute Gasteiger partial charge is 0.311 e. The van der Waals surface area contributed by atoms with Crippen molar-refractivity contribution in [3.63, 3.8) is 0 Å². The second-order valence-electron chi connectivity index (χ2n) is 5.31. The number of aromatic nitrogens is 4. The van der Waals surface area contributed by atoms with E-state index < -0.39 is 0 Å². The summed E-state index contributed by atoms with van der Waals surface area (Å²) < 4.78 is 2.09. The van der Waals surface area contributed by atoms with Gasteiger partial charge in [0.05, 0.1) is 18.6 Å². The van der Waals surface area contributed by atoms with Crippen molar-refractivity contribution in [3.8, 4) is 0 Å². The smallest absolute Gasteiger partial charge is 0.163 e. The van der Waals surface area contributed by atoms with Crippen molar-refractivity contribution in [1.82, 2.24) is 19.5 Å². The predicted octanol–water partition coefficient (Wildman–Crippen LogP) is 3.61. The highest BCUT2D eigenvalue weighted by atomic mass is 15.1. The van der Waals surface area contributed by atoms with Crippen LogP contribution in [0, 0.1) is 0 Å². The van der Waals surface area contributed by atoms with E-state index in [4.69, 9.17) is 0 Å². The highest BCUT2D eigenvalue weighted by Gasteiger charge is 2.09. The Morgan fingerprint density at radius 1 is 1.00 bits per heavy atom. The number of imidazole rings is 1. The van der Waals surface area contributed by atoms with Gasteiger partial charge in [-0.1, -0.05) is 50.1 Å². The third-order valence-corrected chi connectivity index (χ3v) is 3.69. The van der Waals surface area contributed by atoms with E-state index in [1.165, 1.54) is 18.4 Å². The Bertz CT molecular complexity index is 703. The zero-order chi connectivity index (χ0) is 14.5. The molecule has 4 nitrogen and oxygen atoms in total. The first-order chi connectivity index (χ1) is 10.4. The standard InChI is InChI=1S/C17H20N4/c1-2-3-5-10-15-16-17(19-12-18-15)21(13-20-16)11-14-8-6-4-7-9-14/h4,6-9,12-13H,2-3,5,10-11H2,1H3. The first-order valence-electron chi connectivity index (χ1n) is 7.57. The van der Waals surface area contributed by atoms with Crippen molar-refractivity contribution in [2.24, 2.45) is 0 Å². The lowest BCUT2D eigenvalue weighted by molar-refractivity contribution is 0.708. The minimum atomic E-state index is 0.794. The normalized spacial score (nSPS) is 11.1. The Labute approximate surface area is 124 Å². The van der Waals surface area contributed by atoms with Crippen LogP contribution in [-0.4, -0.2) is 19.5 Å². The molecule has 0 aliphatic carbocycles. The average molecular weight is 280 g/mol. The lowest BCUT2D eigenvalue weighted by Gasteiger charge is -2.04. The van der Waals surface area contributed by atoms with Crippen molar-refractivity contribution in [2.45, 2.75) is 39.2 Å².